The number of anilines is 1. The number of ether oxygens (including phenoxy) is 1. The number of hydrogen-bond acceptors (Lipinski definition) is 4. The van der Waals surface area contributed by atoms with Crippen molar-refractivity contribution >= 4 is 11.7 Å². The van der Waals surface area contributed by atoms with E-state index >= 15 is 0 Å². The van der Waals surface area contributed by atoms with Gasteiger partial charge >= 0.3 is 6.18 Å². The Morgan fingerprint density at radius 2 is 1.63 bits per heavy atom. The summed E-state index contributed by atoms with van der Waals surface area (Å²) in [7, 11) is 1.51. The van der Waals surface area contributed by atoms with E-state index in [4.69, 9.17) is 4.74 Å². The molecule has 0 radical (unpaired) electrons. The second-order valence-electron chi connectivity index (χ2n) is 9.25. The van der Waals surface area contributed by atoms with E-state index in [0.29, 0.717) is 24.4 Å². The molecule has 5 rings (SSSR count). The van der Waals surface area contributed by atoms with Crippen LogP contribution >= 0.6 is 0 Å². The fourth-order valence-corrected chi connectivity index (χ4v) is 4.77. The number of hydrogen-bond donors (Lipinski definition) is 1. The summed E-state index contributed by atoms with van der Waals surface area (Å²) in [6.07, 6.45) is -3.58. The third kappa shape index (κ3) is 5.37. The summed E-state index contributed by atoms with van der Waals surface area (Å²) in [6, 6.07) is 23.3. The van der Waals surface area contributed by atoms with Crippen molar-refractivity contribution < 1.29 is 22.7 Å². The molecular weight excluding hydrogens is 493 g/mol. The van der Waals surface area contributed by atoms with Crippen molar-refractivity contribution in [2.24, 2.45) is 0 Å². The minimum Gasteiger partial charge on any atom is -0.497 e. The monoisotopic (exact) mass is 520 g/mol. The highest BCUT2D eigenvalue weighted by atomic mass is 19.4. The predicted octanol–water partition coefficient (Wildman–Crippen LogP) is 6.39. The van der Waals surface area contributed by atoms with Crippen LogP contribution in [-0.4, -0.2) is 33.9 Å². The van der Waals surface area contributed by atoms with Gasteiger partial charge in [0.25, 0.3) is 5.91 Å². The highest BCUT2D eigenvalue weighted by Gasteiger charge is 2.47. The van der Waals surface area contributed by atoms with E-state index in [1.807, 2.05) is 60.7 Å². The topological polar surface area (TPSA) is 59.4 Å². The molecule has 9 heteroatoms. The Morgan fingerprint density at radius 1 is 1.00 bits per heavy atom. The van der Waals surface area contributed by atoms with Gasteiger partial charge in [-0.2, -0.15) is 18.3 Å². The van der Waals surface area contributed by atoms with Gasteiger partial charge in [-0.05, 0) is 28.8 Å². The fraction of sp³-hybridized carbons (Fsp3) is 0.241. The molecule has 4 aromatic rings. The number of alkyl halides is 3. The maximum absolute atomic E-state index is 14.2. The molecule has 1 aliphatic rings. The molecule has 1 amide bonds. The van der Waals surface area contributed by atoms with Gasteiger partial charge in [0.05, 0.1) is 19.3 Å². The lowest BCUT2D eigenvalue weighted by atomic mass is 9.96. The first-order valence-corrected chi connectivity index (χ1v) is 12.3. The zero-order chi connectivity index (χ0) is 26.7. The van der Waals surface area contributed by atoms with Gasteiger partial charge in [-0.25, -0.2) is 4.68 Å². The predicted molar refractivity (Wildman–Crippen MR) is 138 cm³/mol. The Morgan fingerprint density at radius 3 is 2.21 bits per heavy atom. The summed E-state index contributed by atoms with van der Waals surface area (Å²) in [6.45, 7) is 0.586. The number of benzene rings is 3. The van der Waals surface area contributed by atoms with Crippen LogP contribution in [0.4, 0.5) is 19.0 Å². The van der Waals surface area contributed by atoms with Gasteiger partial charge in [-0.3, -0.25) is 4.79 Å². The van der Waals surface area contributed by atoms with Gasteiger partial charge in [0.15, 0.2) is 6.04 Å². The van der Waals surface area contributed by atoms with Crippen LogP contribution in [0.3, 0.4) is 0 Å². The van der Waals surface area contributed by atoms with Gasteiger partial charge in [0.2, 0.25) is 0 Å². The minimum absolute atomic E-state index is 0.0579. The van der Waals surface area contributed by atoms with Crippen LogP contribution in [0.25, 0.3) is 0 Å². The Balaban J connectivity index is 1.52. The molecular formula is C29H27F3N4O2. The number of methoxy groups -OCH3 is 1. The number of amides is 1. The number of carbonyl (C=O) groups is 1. The number of rotatable bonds is 7. The van der Waals surface area contributed by atoms with E-state index in [0.717, 1.165) is 15.8 Å². The molecule has 196 valence electrons. The molecule has 0 saturated heterocycles. The van der Waals surface area contributed by atoms with Crippen LogP contribution in [0.15, 0.2) is 91.1 Å². The zero-order valence-electron chi connectivity index (χ0n) is 20.7. The van der Waals surface area contributed by atoms with Crippen molar-refractivity contribution in [3.05, 3.63) is 113 Å². The van der Waals surface area contributed by atoms with Gasteiger partial charge in [0, 0.05) is 19.5 Å². The molecule has 6 nitrogen and oxygen atoms in total. The van der Waals surface area contributed by atoms with E-state index in [2.05, 4.69) is 10.4 Å². The highest BCUT2D eigenvalue weighted by Crippen LogP contribution is 2.45. The molecule has 0 bridgehead atoms. The van der Waals surface area contributed by atoms with Crippen LogP contribution in [0.1, 0.15) is 45.6 Å². The number of fused-ring (bicyclic) bond motifs is 1. The molecule has 38 heavy (non-hydrogen) atoms. The molecule has 0 fully saturated rings. The normalized spacial score (nSPS) is 16.8. The molecule has 1 N–H and O–H groups in total. The molecule has 0 saturated carbocycles. The zero-order valence-corrected chi connectivity index (χ0v) is 20.7. The Labute approximate surface area is 218 Å². The van der Waals surface area contributed by atoms with Crippen molar-refractivity contribution in [3.8, 4) is 5.75 Å². The molecule has 2 atom stereocenters. The number of carbonyl (C=O) groups excluding carboxylic acids is 1. The number of aromatic nitrogens is 2. The quantitative estimate of drug-likeness (QED) is 0.307. The van der Waals surface area contributed by atoms with E-state index in [1.54, 1.807) is 29.2 Å². The van der Waals surface area contributed by atoms with Crippen LogP contribution in [0.2, 0.25) is 0 Å². The van der Waals surface area contributed by atoms with Gasteiger partial charge in [0.1, 0.15) is 17.1 Å². The summed E-state index contributed by atoms with van der Waals surface area (Å²) in [5.41, 5.74) is 2.55. The van der Waals surface area contributed by atoms with Crippen LogP contribution in [0.5, 0.6) is 5.75 Å². The summed E-state index contributed by atoms with van der Waals surface area (Å²) >= 11 is 0. The lowest BCUT2D eigenvalue weighted by Crippen LogP contribution is -2.37. The minimum atomic E-state index is -4.55. The van der Waals surface area contributed by atoms with E-state index < -0.39 is 24.2 Å². The standard InChI is InChI=1S/C29H27F3N4O2/c1-38-23-14-8-13-22(15-23)25-16-26(29(30,31)32)36-27(34-25)24(17-33-36)28(37)35(18-20-9-4-2-5-10-20)19-21-11-6-3-7-12-21/h2-15,17,25-26,34H,16,18-19H2,1H3. The van der Waals surface area contributed by atoms with Gasteiger partial charge in [-0.15, -0.1) is 0 Å². The van der Waals surface area contributed by atoms with E-state index in [9.17, 15) is 18.0 Å². The molecule has 0 spiro atoms. The number of halogens is 3. The summed E-state index contributed by atoms with van der Waals surface area (Å²) in [5.74, 6) is 0.196. The van der Waals surface area contributed by atoms with Gasteiger partial charge < -0.3 is 15.0 Å². The smallest absolute Gasteiger partial charge is 0.410 e. The fourth-order valence-electron chi connectivity index (χ4n) is 4.77. The lowest BCUT2D eigenvalue weighted by molar-refractivity contribution is -0.173. The van der Waals surface area contributed by atoms with Crippen LogP contribution < -0.4 is 10.1 Å². The maximum atomic E-state index is 14.2. The van der Waals surface area contributed by atoms with E-state index in [-0.39, 0.29) is 17.8 Å². The third-order valence-electron chi connectivity index (χ3n) is 6.68. The largest absolute Gasteiger partial charge is 0.497 e. The molecule has 2 unspecified atom stereocenters. The van der Waals surface area contributed by atoms with E-state index in [1.165, 1.54) is 13.3 Å². The summed E-state index contributed by atoms with van der Waals surface area (Å²) < 4.78 is 48.7. The Hall–Kier alpha value is -4.27. The van der Waals surface area contributed by atoms with Crippen LogP contribution in [-0.2, 0) is 13.1 Å². The second kappa shape index (κ2) is 10.6. The van der Waals surface area contributed by atoms with Crippen molar-refractivity contribution in [2.45, 2.75) is 37.8 Å². The van der Waals surface area contributed by atoms with Gasteiger partial charge in [-0.1, -0.05) is 72.8 Å². The Kier molecular flexibility index (Phi) is 7.09. The maximum Gasteiger partial charge on any atom is 0.410 e. The van der Waals surface area contributed by atoms with Crippen molar-refractivity contribution in [3.63, 3.8) is 0 Å². The molecule has 0 aliphatic carbocycles. The Bertz CT molecular complexity index is 1350. The van der Waals surface area contributed by atoms with Crippen LogP contribution in [0, 0.1) is 0 Å². The average molecular weight is 521 g/mol. The van der Waals surface area contributed by atoms with Crippen molar-refractivity contribution in [1.29, 1.82) is 0 Å². The first-order chi connectivity index (χ1) is 18.3. The third-order valence-corrected chi connectivity index (χ3v) is 6.68. The average Bonchev–Trinajstić information content (AvgIpc) is 3.36. The lowest BCUT2D eigenvalue weighted by Gasteiger charge is -2.34. The summed E-state index contributed by atoms with van der Waals surface area (Å²) in [5, 5.41) is 7.22. The first kappa shape index (κ1) is 25.4. The molecule has 2 heterocycles. The first-order valence-electron chi connectivity index (χ1n) is 12.3. The molecule has 3 aromatic carbocycles. The SMILES string of the molecule is COc1cccc(C2CC(C(F)(F)F)n3ncc(C(=O)N(Cc4ccccc4)Cc4ccccc4)c3N2)c1. The highest BCUT2D eigenvalue weighted by molar-refractivity contribution is 5.99. The molecule has 1 aliphatic heterocycles. The van der Waals surface area contributed by atoms with Crippen molar-refractivity contribution in [1.82, 2.24) is 14.7 Å². The summed E-state index contributed by atoms with van der Waals surface area (Å²) in [4.78, 5) is 15.5. The second-order valence-corrected chi connectivity index (χ2v) is 9.25. The van der Waals surface area contributed by atoms with Crippen molar-refractivity contribution in [2.75, 3.05) is 12.4 Å². The number of nitrogens with zero attached hydrogens (tertiary/aromatic N) is 3. The number of nitrogens with one attached hydrogen (secondary N) is 1. The molecule has 1 aromatic heterocycles.